The topological polar surface area (TPSA) is 67.2 Å². The van der Waals surface area contributed by atoms with E-state index in [0.717, 1.165) is 17.9 Å². The molecule has 0 unspecified atom stereocenters. The lowest BCUT2D eigenvalue weighted by Crippen LogP contribution is -2.35. The SMILES string of the molecule is C[C@H]1CN(C)c2ccccc2N(C(=O)c2ccccc2-n2cnnn2)C1. The van der Waals surface area contributed by atoms with Gasteiger partial charge < -0.3 is 9.80 Å². The van der Waals surface area contributed by atoms with E-state index in [0.29, 0.717) is 23.7 Å². The summed E-state index contributed by atoms with van der Waals surface area (Å²) < 4.78 is 1.52. The molecule has 4 rings (SSSR count). The quantitative estimate of drug-likeness (QED) is 0.711. The van der Waals surface area contributed by atoms with Gasteiger partial charge in [-0.05, 0) is 40.6 Å². The van der Waals surface area contributed by atoms with Crippen LogP contribution in [0.3, 0.4) is 0 Å². The summed E-state index contributed by atoms with van der Waals surface area (Å²) in [4.78, 5) is 17.6. The first kappa shape index (κ1) is 16.3. The number of fused-ring (bicyclic) bond motifs is 1. The molecular weight excluding hydrogens is 328 g/mol. The van der Waals surface area contributed by atoms with E-state index < -0.39 is 0 Å². The number of tetrazole rings is 1. The van der Waals surface area contributed by atoms with Crippen molar-refractivity contribution in [1.29, 1.82) is 0 Å². The summed E-state index contributed by atoms with van der Waals surface area (Å²) >= 11 is 0. The summed E-state index contributed by atoms with van der Waals surface area (Å²) in [5.41, 5.74) is 3.23. The van der Waals surface area contributed by atoms with Crippen molar-refractivity contribution in [3.8, 4) is 5.69 Å². The third kappa shape index (κ3) is 2.81. The van der Waals surface area contributed by atoms with Crippen LogP contribution in [0.1, 0.15) is 17.3 Å². The summed E-state index contributed by atoms with van der Waals surface area (Å²) in [6.07, 6.45) is 1.50. The molecule has 0 N–H and O–H groups in total. The van der Waals surface area contributed by atoms with Crippen molar-refractivity contribution in [2.24, 2.45) is 5.92 Å². The summed E-state index contributed by atoms with van der Waals surface area (Å²) in [5.74, 6) is 0.294. The lowest BCUT2D eigenvalue weighted by molar-refractivity contribution is 0.0984. The van der Waals surface area contributed by atoms with Gasteiger partial charge in [0.05, 0.1) is 22.6 Å². The van der Waals surface area contributed by atoms with Crippen LogP contribution in [0.5, 0.6) is 0 Å². The first-order chi connectivity index (χ1) is 12.6. The number of carbonyl (C=O) groups is 1. The van der Waals surface area contributed by atoms with Crippen LogP contribution in [0.2, 0.25) is 0 Å². The minimum atomic E-state index is -0.0503. The van der Waals surface area contributed by atoms with E-state index in [-0.39, 0.29) is 5.91 Å². The second-order valence-electron chi connectivity index (χ2n) is 6.66. The second-order valence-corrected chi connectivity index (χ2v) is 6.66. The maximum Gasteiger partial charge on any atom is 0.260 e. The Morgan fingerprint density at radius 1 is 1.00 bits per heavy atom. The minimum absolute atomic E-state index is 0.0503. The number of nitrogens with zero attached hydrogens (tertiary/aromatic N) is 6. The van der Waals surface area contributed by atoms with Gasteiger partial charge >= 0.3 is 0 Å². The van der Waals surface area contributed by atoms with E-state index in [1.54, 1.807) is 0 Å². The number of amides is 1. The largest absolute Gasteiger partial charge is 0.373 e. The van der Waals surface area contributed by atoms with Gasteiger partial charge in [-0.25, -0.2) is 0 Å². The fourth-order valence-electron chi connectivity index (χ4n) is 3.51. The first-order valence-electron chi connectivity index (χ1n) is 8.59. The van der Waals surface area contributed by atoms with Gasteiger partial charge in [0, 0.05) is 20.1 Å². The maximum absolute atomic E-state index is 13.5. The molecule has 0 saturated heterocycles. The maximum atomic E-state index is 13.5. The molecule has 0 bridgehead atoms. The number of benzene rings is 2. The summed E-state index contributed by atoms with van der Waals surface area (Å²) in [6, 6.07) is 15.4. The molecule has 26 heavy (non-hydrogen) atoms. The van der Waals surface area contributed by atoms with Gasteiger partial charge in [-0.2, -0.15) is 4.68 Å². The molecule has 1 atom stereocenters. The molecular formula is C19H20N6O. The zero-order valence-electron chi connectivity index (χ0n) is 14.8. The minimum Gasteiger partial charge on any atom is -0.373 e. The van der Waals surface area contributed by atoms with Crippen molar-refractivity contribution >= 4 is 17.3 Å². The highest BCUT2D eigenvalue weighted by atomic mass is 16.2. The number of aromatic nitrogens is 4. The van der Waals surface area contributed by atoms with Gasteiger partial charge in [0.25, 0.3) is 5.91 Å². The van der Waals surface area contributed by atoms with Crippen molar-refractivity contribution in [3.05, 3.63) is 60.4 Å². The van der Waals surface area contributed by atoms with E-state index in [2.05, 4.69) is 40.5 Å². The molecule has 1 aliphatic rings. The highest BCUT2D eigenvalue weighted by Crippen LogP contribution is 2.34. The van der Waals surface area contributed by atoms with E-state index in [4.69, 9.17) is 0 Å². The van der Waals surface area contributed by atoms with Crippen LogP contribution < -0.4 is 9.80 Å². The van der Waals surface area contributed by atoms with Crippen LogP contribution in [0.4, 0.5) is 11.4 Å². The smallest absolute Gasteiger partial charge is 0.260 e. The van der Waals surface area contributed by atoms with Crippen molar-refractivity contribution in [2.45, 2.75) is 6.92 Å². The molecule has 1 aliphatic heterocycles. The van der Waals surface area contributed by atoms with Crippen molar-refractivity contribution in [2.75, 3.05) is 29.9 Å². The number of anilines is 2. The van der Waals surface area contributed by atoms with Crippen LogP contribution >= 0.6 is 0 Å². The first-order valence-corrected chi connectivity index (χ1v) is 8.59. The molecule has 7 nitrogen and oxygen atoms in total. The Morgan fingerprint density at radius 2 is 1.69 bits per heavy atom. The molecule has 7 heteroatoms. The lowest BCUT2D eigenvalue weighted by Gasteiger charge is -2.25. The molecule has 0 fully saturated rings. The van der Waals surface area contributed by atoms with Gasteiger partial charge in [-0.15, -0.1) is 5.10 Å². The van der Waals surface area contributed by atoms with Gasteiger partial charge in [-0.3, -0.25) is 4.79 Å². The molecule has 1 amide bonds. The van der Waals surface area contributed by atoms with Crippen LogP contribution in [0, 0.1) is 5.92 Å². The van der Waals surface area contributed by atoms with E-state index in [1.165, 1.54) is 11.0 Å². The molecule has 2 aromatic carbocycles. The standard InChI is InChI=1S/C19H20N6O/c1-14-11-23(2)17-9-5-6-10-18(17)24(12-14)19(26)15-7-3-4-8-16(15)25-13-20-21-22-25/h3-10,13-14H,11-12H2,1-2H3/t14-/m0/s1. The molecule has 0 aliphatic carbocycles. The zero-order valence-corrected chi connectivity index (χ0v) is 14.8. The third-order valence-corrected chi connectivity index (χ3v) is 4.64. The predicted octanol–water partition coefficient (Wildman–Crippen LogP) is 2.39. The number of rotatable bonds is 2. The second kappa shape index (κ2) is 6.59. The predicted molar refractivity (Wildman–Crippen MR) is 99.7 cm³/mol. The average molecular weight is 348 g/mol. The number of para-hydroxylation sites is 3. The average Bonchev–Trinajstić information content (AvgIpc) is 3.16. The Morgan fingerprint density at radius 3 is 2.42 bits per heavy atom. The molecule has 2 heterocycles. The summed E-state index contributed by atoms with van der Waals surface area (Å²) in [6.45, 7) is 3.72. The molecule has 132 valence electrons. The Labute approximate surface area is 151 Å². The van der Waals surface area contributed by atoms with Gasteiger partial charge in [0.15, 0.2) is 0 Å². The van der Waals surface area contributed by atoms with Gasteiger partial charge in [0.1, 0.15) is 6.33 Å². The molecule has 0 spiro atoms. The summed E-state index contributed by atoms with van der Waals surface area (Å²) in [5, 5.41) is 11.3. The Bertz CT molecular complexity index is 923. The highest BCUT2D eigenvalue weighted by molar-refractivity contribution is 6.10. The fraction of sp³-hybridized carbons (Fsp3) is 0.263. The Balaban J connectivity index is 1.81. The van der Waals surface area contributed by atoms with Crippen molar-refractivity contribution in [3.63, 3.8) is 0 Å². The van der Waals surface area contributed by atoms with Crippen molar-refractivity contribution < 1.29 is 4.79 Å². The number of hydrogen-bond donors (Lipinski definition) is 0. The van der Waals surface area contributed by atoms with Crippen LogP contribution in [0.25, 0.3) is 5.69 Å². The summed E-state index contributed by atoms with van der Waals surface area (Å²) in [7, 11) is 2.07. The van der Waals surface area contributed by atoms with Gasteiger partial charge in [0.2, 0.25) is 0 Å². The van der Waals surface area contributed by atoms with Crippen LogP contribution in [0.15, 0.2) is 54.9 Å². The molecule has 1 aromatic heterocycles. The fourth-order valence-corrected chi connectivity index (χ4v) is 3.51. The Hall–Kier alpha value is -3.22. The van der Waals surface area contributed by atoms with Crippen LogP contribution in [-0.4, -0.2) is 46.3 Å². The molecule has 0 radical (unpaired) electrons. The Kier molecular flexibility index (Phi) is 4.12. The third-order valence-electron chi connectivity index (χ3n) is 4.64. The highest BCUT2D eigenvalue weighted by Gasteiger charge is 2.28. The molecule has 0 saturated carbocycles. The van der Waals surface area contributed by atoms with E-state index in [1.807, 2.05) is 47.4 Å². The molecule has 3 aromatic rings. The van der Waals surface area contributed by atoms with Gasteiger partial charge in [-0.1, -0.05) is 31.2 Å². The monoisotopic (exact) mass is 348 g/mol. The number of hydrogen-bond acceptors (Lipinski definition) is 5. The van der Waals surface area contributed by atoms with Crippen LogP contribution in [-0.2, 0) is 0 Å². The van der Waals surface area contributed by atoms with E-state index >= 15 is 0 Å². The lowest BCUT2D eigenvalue weighted by atomic mass is 10.1. The van der Waals surface area contributed by atoms with E-state index in [9.17, 15) is 4.79 Å². The number of carbonyl (C=O) groups excluding carboxylic acids is 1. The zero-order chi connectivity index (χ0) is 18.1. The normalized spacial score (nSPS) is 16.9. The van der Waals surface area contributed by atoms with Crippen molar-refractivity contribution in [1.82, 2.24) is 20.2 Å².